The molecule has 0 saturated carbocycles. The topological polar surface area (TPSA) is 51.2 Å². The van der Waals surface area contributed by atoms with Crippen LogP contribution in [0.2, 0.25) is 5.02 Å². The van der Waals surface area contributed by atoms with Crippen molar-refractivity contribution in [1.29, 1.82) is 0 Å². The van der Waals surface area contributed by atoms with Crippen LogP contribution in [0.15, 0.2) is 30.5 Å². The molecule has 0 spiro atoms. The van der Waals surface area contributed by atoms with Gasteiger partial charge in [-0.15, -0.1) is 11.3 Å². The molecule has 1 amide bonds. The first-order valence-corrected chi connectivity index (χ1v) is 6.89. The molecule has 0 bridgehead atoms. The third kappa shape index (κ3) is 3.94. The molecule has 1 aromatic carbocycles. The van der Waals surface area contributed by atoms with Gasteiger partial charge in [0.2, 0.25) is 0 Å². The number of carbonyl (C=O) groups is 1. The second-order valence-electron chi connectivity index (χ2n) is 3.98. The number of hydrogen-bond donors (Lipinski definition) is 1. The van der Waals surface area contributed by atoms with E-state index in [1.807, 2.05) is 6.92 Å². The first-order chi connectivity index (χ1) is 9.04. The maximum atomic E-state index is 11.9. The van der Waals surface area contributed by atoms with E-state index in [9.17, 15) is 4.79 Å². The molecule has 0 radical (unpaired) electrons. The van der Waals surface area contributed by atoms with Crippen molar-refractivity contribution in [1.82, 2.24) is 4.98 Å². The van der Waals surface area contributed by atoms with Gasteiger partial charge >= 0.3 is 0 Å². The number of hydrogen-bond acceptors (Lipinski definition) is 4. The number of aryl methyl sites for hydroxylation is 1. The molecule has 2 aromatic rings. The maximum Gasteiger partial charge on any atom is 0.266 e. The standard InChI is InChI=1S/C13H13ClN2O2S/c1-8-7-15-13(19-8)16-12(17)9(2)18-11-5-3-10(14)4-6-11/h3-7,9H,1-2H3,(H,15,16,17)/t9-/m1/s1. The molecule has 1 N–H and O–H groups in total. The first-order valence-electron chi connectivity index (χ1n) is 5.70. The lowest BCUT2D eigenvalue weighted by molar-refractivity contribution is -0.122. The molecule has 0 fully saturated rings. The van der Waals surface area contributed by atoms with Crippen LogP contribution < -0.4 is 10.1 Å². The third-order valence-corrected chi connectivity index (χ3v) is 3.43. The summed E-state index contributed by atoms with van der Waals surface area (Å²) in [5, 5.41) is 3.92. The summed E-state index contributed by atoms with van der Waals surface area (Å²) in [5.41, 5.74) is 0. The van der Waals surface area contributed by atoms with Gasteiger partial charge in [0.25, 0.3) is 5.91 Å². The molecule has 0 aliphatic carbocycles. The summed E-state index contributed by atoms with van der Waals surface area (Å²) in [5.74, 6) is 0.367. The summed E-state index contributed by atoms with van der Waals surface area (Å²) in [6.07, 6.45) is 1.11. The molecule has 1 heterocycles. The van der Waals surface area contributed by atoms with Crippen LogP contribution in [0, 0.1) is 6.92 Å². The van der Waals surface area contributed by atoms with E-state index in [2.05, 4.69) is 10.3 Å². The maximum absolute atomic E-state index is 11.9. The fourth-order valence-electron chi connectivity index (χ4n) is 1.39. The molecule has 1 atom stereocenters. The molecule has 100 valence electrons. The van der Waals surface area contributed by atoms with Crippen molar-refractivity contribution in [3.63, 3.8) is 0 Å². The first kappa shape index (κ1) is 13.8. The average Bonchev–Trinajstić information content (AvgIpc) is 2.77. The largest absolute Gasteiger partial charge is 0.481 e. The van der Waals surface area contributed by atoms with Gasteiger partial charge < -0.3 is 4.74 Å². The Kier molecular flexibility index (Phi) is 4.39. The molecule has 0 aliphatic rings. The molecule has 0 aliphatic heterocycles. The monoisotopic (exact) mass is 296 g/mol. The number of nitrogens with one attached hydrogen (secondary N) is 1. The van der Waals surface area contributed by atoms with Crippen LogP contribution in [0.3, 0.4) is 0 Å². The number of ether oxygens (including phenoxy) is 1. The second-order valence-corrected chi connectivity index (χ2v) is 5.65. The Morgan fingerprint density at radius 1 is 1.42 bits per heavy atom. The highest BCUT2D eigenvalue weighted by atomic mass is 35.5. The number of halogens is 1. The number of rotatable bonds is 4. The van der Waals surface area contributed by atoms with Crippen LogP contribution in [-0.4, -0.2) is 17.0 Å². The molecule has 1 aromatic heterocycles. The normalized spacial score (nSPS) is 11.9. The fourth-order valence-corrected chi connectivity index (χ4v) is 2.18. The van der Waals surface area contributed by atoms with E-state index in [4.69, 9.17) is 16.3 Å². The Morgan fingerprint density at radius 2 is 2.11 bits per heavy atom. The summed E-state index contributed by atoms with van der Waals surface area (Å²) in [6.45, 7) is 3.62. The van der Waals surface area contributed by atoms with Gasteiger partial charge in [-0.3, -0.25) is 10.1 Å². The van der Waals surface area contributed by atoms with E-state index < -0.39 is 6.10 Å². The van der Waals surface area contributed by atoms with Gasteiger partial charge in [-0.2, -0.15) is 0 Å². The number of amides is 1. The van der Waals surface area contributed by atoms with E-state index in [-0.39, 0.29) is 5.91 Å². The Bertz CT molecular complexity index is 568. The third-order valence-electron chi connectivity index (χ3n) is 2.35. The predicted molar refractivity (Wildman–Crippen MR) is 77.0 cm³/mol. The molecule has 0 unspecified atom stereocenters. The zero-order valence-electron chi connectivity index (χ0n) is 10.5. The molecule has 19 heavy (non-hydrogen) atoms. The minimum atomic E-state index is -0.606. The highest BCUT2D eigenvalue weighted by molar-refractivity contribution is 7.15. The number of benzene rings is 1. The SMILES string of the molecule is Cc1cnc(NC(=O)[C@@H](C)Oc2ccc(Cl)cc2)s1. The van der Waals surface area contributed by atoms with Gasteiger partial charge in [0.1, 0.15) is 5.75 Å². The Labute approximate surface area is 120 Å². The van der Waals surface area contributed by atoms with Gasteiger partial charge in [0.05, 0.1) is 0 Å². The van der Waals surface area contributed by atoms with Crippen molar-refractivity contribution in [3.05, 3.63) is 40.4 Å². The summed E-state index contributed by atoms with van der Waals surface area (Å²) in [6, 6.07) is 6.87. The number of aromatic nitrogens is 1. The van der Waals surface area contributed by atoms with E-state index in [0.717, 1.165) is 4.88 Å². The molecule has 0 saturated heterocycles. The van der Waals surface area contributed by atoms with Crippen molar-refractivity contribution in [2.75, 3.05) is 5.32 Å². The molecule has 6 heteroatoms. The highest BCUT2D eigenvalue weighted by Gasteiger charge is 2.16. The molecular formula is C13H13ClN2O2S. The lowest BCUT2D eigenvalue weighted by atomic mass is 10.3. The Hall–Kier alpha value is -1.59. The van der Waals surface area contributed by atoms with Gasteiger partial charge in [0.15, 0.2) is 11.2 Å². The second kappa shape index (κ2) is 6.04. The smallest absolute Gasteiger partial charge is 0.266 e. The minimum absolute atomic E-state index is 0.232. The zero-order chi connectivity index (χ0) is 13.8. The van der Waals surface area contributed by atoms with E-state index in [1.165, 1.54) is 11.3 Å². The molecule has 4 nitrogen and oxygen atoms in total. The van der Waals surface area contributed by atoms with Crippen LogP contribution in [0.5, 0.6) is 5.75 Å². The van der Waals surface area contributed by atoms with Gasteiger partial charge in [0, 0.05) is 16.1 Å². The molecule has 2 rings (SSSR count). The van der Waals surface area contributed by atoms with Crippen LogP contribution in [0.25, 0.3) is 0 Å². The van der Waals surface area contributed by atoms with Crippen LogP contribution >= 0.6 is 22.9 Å². The molecular weight excluding hydrogens is 284 g/mol. The quantitative estimate of drug-likeness (QED) is 0.939. The summed E-state index contributed by atoms with van der Waals surface area (Å²) < 4.78 is 5.52. The summed E-state index contributed by atoms with van der Waals surface area (Å²) in [4.78, 5) is 17.0. The van der Waals surface area contributed by atoms with Crippen molar-refractivity contribution in [2.45, 2.75) is 20.0 Å². The fraction of sp³-hybridized carbons (Fsp3) is 0.231. The number of anilines is 1. The van der Waals surface area contributed by atoms with E-state index in [1.54, 1.807) is 37.4 Å². The number of thiazole rings is 1. The van der Waals surface area contributed by atoms with Crippen molar-refractivity contribution in [2.24, 2.45) is 0 Å². The zero-order valence-corrected chi connectivity index (χ0v) is 12.1. The lowest BCUT2D eigenvalue weighted by Crippen LogP contribution is -2.30. The summed E-state index contributed by atoms with van der Waals surface area (Å²) >= 11 is 7.20. The van der Waals surface area contributed by atoms with Crippen molar-refractivity contribution in [3.8, 4) is 5.75 Å². The highest BCUT2D eigenvalue weighted by Crippen LogP contribution is 2.19. The van der Waals surface area contributed by atoms with Crippen LogP contribution in [-0.2, 0) is 4.79 Å². The number of nitrogens with zero attached hydrogens (tertiary/aromatic N) is 1. The van der Waals surface area contributed by atoms with Gasteiger partial charge in [-0.25, -0.2) is 4.98 Å². The predicted octanol–water partition coefficient (Wildman–Crippen LogP) is 3.51. The van der Waals surface area contributed by atoms with Crippen molar-refractivity contribution >= 4 is 34.0 Å². The van der Waals surface area contributed by atoms with Gasteiger partial charge in [-0.1, -0.05) is 11.6 Å². The van der Waals surface area contributed by atoms with E-state index >= 15 is 0 Å². The average molecular weight is 297 g/mol. The minimum Gasteiger partial charge on any atom is -0.481 e. The van der Waals surface area contributed by atoms with Gasteiger partial charge in [-0.05, 0) is 38.1 Å². The van der Waals surface area contributed by atoms with E-state index in [0.29, 0.717) is 15.9 Å². The Morgan fingerprint density at radius 3 is 2.68 bits per heavy atom. The summed E-state index contributed by atoms with van der Waals surface area (Å²) in [7, 11) is 0. The Balaban J connectivity index is 1.94. The lowest BCUT2D eigenvalue weighted by Gasteiger charge is -2.13. The van der Waals surface area contributed by atoms with Crippen LogP contribution in [0.4, 0.5) is 5.13 Å². The van der Waals surface area contributed by atoms with Crippen molar-refractivity contribution < 1.29 is 9.53 Å². The van der Waals surface area contributed by atoms with Crippen LogP contribution in [0.1, 0.15) is 11.8 Å². The number of carbonyl (C=O) groups excluding carboxylic acids is 1.